The van der Waals surface area contributed by atoms with Gasteiger partial charge in [0.15, 0.2) is 0 Å². The molecule has 0 bridgehead atoms. The first kappa shape index (κ1) is 15.0. The lowest BCUT2D eigenvalue weighted by molar-refractivity contribution is 0.207. The second-order valence-electron chi connectivity index (χ2n) is 4.14. The molecule has 0 radical (unpaired) electrons. The van der Waals surface area contributed by atoms with Gasteiger partial charge in [0.05, 0.1) is 15.0 Å². The van der Waals surface area contributed by atoms with Gasteiger partial charge in [0, 0.05) is 0 Å². The summed E-state index contributed by atoms with van der Waals surface area (Å²) in [7, 11) is 0. The van der Waals surface area contributed by atoms with E-state index in [1.807, 2.05) is 0 Å². The lowest BCUT2D eigenvalue weighted by Gasteiger charge is -2.17. The van der Waals surface area contributed by atoms with E-state index in [0.717, 1.165) is 34.0 Å². The third-order valence-electron chi connectivity index (χ3n) is 2.51. The molecule has 1 unspecified atom stereocenters. The van der Waals surface area contributed by atoms with E-state index < -0.39 is 0 Å². The van der Waals surface area contributed by atoms with E-state index in [1.165, 1.54) is 5.56 Å². The molecule has 2 nitrogen and oxygen atoms in total. The second kappa shape index (κ2) is 7.39. The van der Waals surface area contributed by atoms with Gasteiger partial charge >= 0.3 is 0 Å². The highest BCUT2D eigenvalue weighted by atomic mass is 79.9. The fourth-order valence-corrected chi connectivity index (χ4v) is 3.17. The smallest absolute Gasteiger partial charge is 0.148 e. The molecule has 17 heavy (non-hydrogen) atoms. The van der Waals surface area contributed by atoms with Crippen molar-refractivity contribution in [2.24, 2.45) is 5.73 Å². The quantitative estimate of drug-likeness (QED) is 0.817. The molecular weight excluding hydrogens is 346 g/mol. The van der Waals surface area contributed by atoms with Crippen LogP contribution in [-0.2, 0) is 6.42 Å². The fourth-order valence-electron chi connectivity index (χ4n) is 1.70. The summed E-state index contributed by atoms with van der Waals surface area (Å²) < 4.78 is 7.89. The molecule has 1 aromatic rings. The molecule has 1 aromatic carbocycles. The lowest BCUT2D eigenvalue weighted by Crippen LogP contribution is -2.12. The lowest BCUT2D eigenvalue weighted by atomic mass is 10.1. The van der Waals surface area contributed by atoms with Gasteiger partial charge in [0.1, 0.15) is 5.75 Å². The number of nitrogens with two attached hydrogens (primary N) is 1. The minimum atomic E-state index is 0.230. The summed E-state index contributed by atoms with van der Waals surface area (Å²) in [5, 5.41) is 0. The van der Waals surface area contributed by atoms with Crippen LogP contribution in [-0.4, -0.2) is 12.6 Å². The Labute approximate surface area is 120 Å². The Morgan fingerprint density at radius 2 is 1.88 bits per heavy atom. The molecule has 0 fully saturated rings. The highest BCUT2D eigenvalue weighted by Gasteiger charge is 2.11. The zero-order valence-electron chi connectivity index (χ0n) is 10.3. The number of halogens is 2. The molecule has 0 heterocycles. The third kappa shape index (κ3) is 4.60. The summed E-state index contributed by atoms with van der Waals surface area (Å²) >= 11 is 7.10. The largest absolute Gasteiger partial charge is 0.488 e. The van der Waals surface area contributed by atoms with Crippen LogP contribution >= 0.6 is 31.9 Å². The van der Waals surface area contributed by atoms with Crippen LogP contribution in [0.4, 0.5) is 0 Å². The molecule has 2 N–H and O–H groups in total. The van der Waals surface area contributed by atoms with Crippen LogP contribution in [0.5, 0.6) is 5.75 Å². The molecular formula is C13H19Br2NO. The van der Waals surface area contributed by atoms with Crippen molar-refractivity contribution in [2.75, 3.05) is 6.54 Å². The SMILES string of the molecule is CCCC(C)Oc1c(Br)cc(CCN)cc1Br. The van der Waals surface area contributed by atoms with Gasteiger partial charge in [0.2, 0.25) is 0 Å². The maximum absolute atomic E-state index is 5.92. The molecule has 1 atom stereocenters. The van der Waals surface area contributed by atoms with Crippen molar-refractivity contribution < 1.29 is 4.74 Å². The summed E-state index contributed by atoms with van der Waals surface area (Å²) in [6.45, 7) is 4.91. The molecule has 96 valence electrons. The normalized spacial score (nSPS) is 12.5. The zero-order chi connectivity index (χ0) is 12.8. The first-order valence-corrected chi connectivity index (χ1v) is 7.51. The number of hydrogen-bond acceptors (Lipinski definition) is 2. The first-order valence-electron chi connectivity index (χ1n) is 5.93. The van der Waals surface area contributed by atoms with Gasteiger partial charge in [-0.05, 0) is 75.9 Å². The van der Waals surface area contributed by atoms with E-state index in [4.69, 9.17) is 10.5 Å². The Bertz CT molecular complexity index is 345. The Balaban J connectivity index is 2.85. The van der Waals surface area contributed by atoms with Gasteiger partial charge in [-0.3, -0.25) is 0 Å². The molecule has 0 spiro atoms. The summed E-state index contributed by atoms with van der Waals surface area (Å²) in [6.07, 6.45) is 3.29. The number of benzene rings is 1. The monoisotopic (exact) mass is 363 g/mol. The Morgan fingerprint density at radius 3 is 2.35 bits per heavy atom. The minimum absolute atomic E-state index is 0.230. The predicted molar refractivity (Wildman–Crippen MR) is 79.6 cm³/mol. The summed E-state index contributed by atoms with van der Waals surface area (Å²) in [6, 6.07) is 4.15. The van der Waals surface area contributed by atoms with E-state index in [2.05, 4.69) is 57.8 Å². The molecule has 0 aliphatic rings. The zero-order valence-corrected chi connectivity index (χ0v) is 13.5. The van der Waals surface area contributed by atoms with Gasteiger partial charge in [-0.1, -0.05) is 13.3 Å². The van der Waals surface area contributed by atoms with E-state index in [1.54, 1.807) is 0 Å². The maximum Gasteiger partial charge on any atom is 0.148 e. The van der Waals surface area contributed by atoms with Crippen molar-refractivity contribution in [3.05, 3.63) is 26.6 Å². The van der Waals surface area contributed by atoms with Gasteiger partial charge in [-0.15, -0.1) is 0 Å². The topological polar surface area (TPSA) is 35.2 Å². The Morgan fingerprint density at radius 1 is 1.29 bits per heavy atom. The van der Waals surface area contributed by atoms with Crippen molar-refractivity contribution in [1.29, 1.82) is 0 Å². The predicted octanol–water partition coefficient (Wildman–Crippen LogP) is 4.28. The highest BCUT2D eigenvalue weighted by Crippen LogP contribution is 2.35. The molecule has 0 amide bonds. The van der Waals surface area contributed by atoms with Crippen LogP contribution in [0.3, 0.4) is 0 Å². The van der Waals surface area contributed by atoms with Crippen LogP contribution in [0.25, 0.3) is 0 Å². The van der Waals surface area contributed by atoms with Crippen molar-refractivity contribution >= 4 is 31.9 Å². The number of ether oxygens (including phenoxy) is 1. The van der Waals surface area contributed by atoms with E-state index >= 15 is 0 Å². The van der Waals surface area contributed by atoms with Crippen molar-refractivity contribution in [2.45, 2.75) is 39.2 Å². The Kier molecular flexibility index (Phi) is 6.52. The highest BCUT2D eigenvalue weighted by molar-refractivity contribution is 9.11. The van der Waals surface area contributed by atoms with Crippen LogP contribution in [0.2, 0.25) is 0 Å². The van der Waals surface area contributed by atoms with Gasteiger partial charge in [0.25, 0.3) is 0 Å². The van der Waals surface area contributed by atoms with E-state index in [0.29, 0.717) is 6.54 Å². The molecule has 1 rings (SSSR count). The van der Waals surface area contributed by atoms with Crippen molar-refractivity contribution in [3.8, 4) is 5.75 Å². The fraction of sp³-hybridized carbons (Fsp3) is 0.538. The molecule has 0 saturated carbocycles. The first-order chi connectivity index (χ1) is 8.08. The van der Waals surface area contributed by atoms with Crippen LogP contribution in [0.15, 0.2) is 21.1 Å². The molecule has 0 aliphatic heterocycles. The van der Waals surface area contributed by atoms with Gasteiger partial charge in [-0.2, -0.15) is 0 Å². The standard InChI is InChI=1S/C13H19Br2NO/c1-3-4-9(2)17-13-11(14)7-10(5-6-16)8-12(13)15/h7-9H,3-6,16H2,1-2H3. The number of rotatable bonds is 6. The molecule has 0 aliphatic carbocycles. The Hall–Kier alpha value is -0.0600. The van der Waals surface area contributed by atoms with Gasteiger partial charge < -0.3 is 10.5 Å². The third-order valence-corrected chi connectivity index (χ3v) is 3.68. The van der Waals surface area contributed by atoms with E-state index in [-0.39, 0.29) is 6.10 Å². The molecule has 4 heteroatoms. The van der Waals surface area contributed by atoms with Crippen molar-refractivity contribution in [3.63, 3.8) is 0 Å². The average molecular weight is 365 g/mol. The minimum Gasteiger partial charge on any atom is -0.488 e. The van der Waals surface area contributed by atoms with Gasteiger partial charge in [-0.25, -0.2) is 0 Å². The summed E-state index contributed by atoms with van der Waals surface area (Å²) in [4.78, 5) is 0. The van der Waals surface area contributed by atoms with Crippen LogP contribution in [0, 0.1) is 0 Å². The number of hydrogen-bond donors (Lipinski definition) is 1. The molecule has 0 saturated heterocycles. The molecule has 0 aromatic heterocycles. The maximum atomic E-state index is 5.92. The average Bonchev–Trinajstić information content (AvgIpc) is 2.24. The van der Waals surface area contributed by atoms with Crippen LogP contribution < -0.4 is 10.5 Å². The van der Waals surface area contributed by atoms with Crippen molar-refractivity contribution in [1.82, 2.24) is 0 Å². The second-order valence-corrected chi connectivity index (χ2v) is 5.85. The van der Waals surface area contributed by atoms with Crippen LogP contribution in [0.1, 0.15) is 32.3 Å². The van der Waals surface area contributed by atoms with E-state index in [9.17, 15) is 0 Å². The summed E-state index contributed by atoms with van der Waals surface area (Å²) in [5.74, 6) is 0.881. The summed E-state index contributed by atoms with van der Waals surface area (Å²) in [5.41, 5.74) is 6.77.